The van der Waals surface area contributed by atoms with Gasteiger partial charge in [-0.25, -0.2) is 0 Å². The van der Waals surface area contributed by atoms with Gasteiger partial charge in [-0.3, -0.25) is 4.79 Å². The highest BCUT2D eigenvalue weighted by Crippen LogP contribution is 2.41. The summed E-state index contributed by atoms with van der Waals surface area (Å²) in [6, 6.07) is 0. The summed E-state index contributed by atoms with van der Waals surface area (Å²) < 4.78 is 21.2. The zero-order valence-electron chi connectivity index (χ0n) is 14.4. The summed E-state index contributed by atoms with van der Waals surface area (Å²) in [5, 5.41) is 0. The molecule has 0 bridgehead atoms. The van der Waals surface area contributed by atoms with E-state index in [1.165, 1.54) is 0 Å². The molecule has 116 valence electrons. The van der Waals surface area contributed by atoms with Gasteiger partial charge in [0.05, 0.1) is 7.14 Å². The fourth-order valence-electron chi connectivity index (χ4n) is 0. The first-order valence-electron chi connectivity index (χ1n) is 6.68. The summed E-state index contributed by atoms with van der Waals surface area (Å²) in [7, 11) is -2.65. The molecule has 0 saturated carbocycles. The highest BCUT2D eigenvalue weighted by atomic mass is 31.2. The van der Waals surface area contributed by atoms with Crippen LogP contribution >= 0.6 is 14.9 Å². The number of Topliss-reactive ketones (excluding diaryl/α,β-unsaturated/α-hetero) is 1. The van der Waals surface area contributed by atoms with Crippen LogP contribution in [0.4, 0.5) is 0 Å². The Bertz CT molecular complexity index is 284. The smallest absolute Gasteiger partial charge is 0.324 e. The lowest BCUT2D eigenvalue weighted by Crippen LogP contribution is -1.98. The highest BCUT2D eigenvalue weighted by molar-refractivity contribution is 7.63. The number of hydrogen-bond acceptors (Lipinski definition) is 3. The van der Waals surface area contributed by atoms with Gasteiger partial charge in [0, 0.05) is 11.6 Å². The maximum atomic E-state index is 10.9. The quantitative estimate of drug-likeness (QED) is 0.681. The molecule has 0 spiro atoms. The molecule has 0 amide bonds. The Hall–Kier alpha value is -0.0000000000000000555. The maximum Gasteiger partial charge on any atom is 0.338 e. The average Bonchev–Trinajstić information content (AvgIpc) is 2.17. The molecule has 0 aliphatic heterocycles. The minimum Gasteiger partial charge on any atom is -0.324 e. The zero-order valence-corrected chi connectivity index (χ0v) is 16.1. The van der Waals surface area contributed by atoms with Crippen LogP contribution in [0.2, 0.25) is 0 Å². The summed E-state index contributed by atoms with van der Waals surface area (Å²) in [6.45, 7) is 18.7. The van der Waals surface area contributed by atoms with Crippen molar-refractivity contribution in [1.82, 2.24) is 0 Å². The van der Waals surface area contributed by atoms with E-state index in [2.05, 4.69) is 0 Å². The largest absolute Gasteiger partial charge is 0.338 e. The first-order valence-corrected chi connectivity index (χ1v) is 11.1. The normalized spacial score (nSPS) is 11.5. The van der Waals surface area contributed by atoms with E-state index in [-0.39, 0.29) is 11.7 Å². The van der Waals surface area contributed by atoms with Gasteiger partial charge in [-0.2, -0.15) is 0 Å². The van der Waals surface area contributed by atoms with Crippen LogP contribution in [0.15, 0.2) is 0 Å². The molecule has 0 heterocycles. The van der Waals surface area contributed by atoms with Crippen LogP contribution in [0.3, 0.4) is 0 Å². The predicted octanol–water partition coefficient (Wildman–Crippen LogP) is 5.10. The Kier molecular flexibility index (Phi) is 14.9. The molecule has 0 aromatic carbocycles. The molecule has 0 radical (unpaired) electrons. The van der Waals surface area contributed by atoms with Crippen LogP contribution in [-0.4, -0.2) is 37.1 Å². The van der Waals surface area contributed by atoms with Gasteiger partial charge < -0.3 is 4.57 Å². The van der Waals surface area contributed by atoms with Gasteiger partial charge in [0.1, 0.15) is 18.1 Å². The summed E-state index contributed by atoms with van der Waals surface area (Å²) >= 11 is 0. The average molecular weight is 311 g/mol. The Balaban J connectivity index is -0.000000203. The summed E-state index contributed by atoms with van der Waals surface area (Å²) in [4.78, 5) is 10.1. The summed E-state index contributed by atoms with van der Waals surface area (Å²) in [6.07, 6.45) is 0. The van der Waals surface area contributed by atoms with Gasteiger partial charge in [0.25, 0.3) is 0 Å². The van der Waals surface area contributed by atoms with Gasteiger partial charge in [-0.1, -0.05) is 32.3 Å². The van der Waals surface area contributed by atoms with E-state index in [1.54, 1.807) is 13.6 Å². The topological polar surface area (TPSA) is 51.2 Å². The van der Waals surface area contributed by atoms with E-state index in [4.69, 9.17) is 0 Å². The van der Waals surface area contributed by atoms with Gasteiger partial charge in [0.15, 0.2) is 0 Å². The number of ketones is 1. The lowest BCUT2D eigenvalue weighted by Gasteiger charge is -2.08. The Morgan fingerprint density at radius 3 is 1.16 bits per heavy atom. The zero-order chi connectivity index (χ0) is 16.4. The number of rotatable bonds is 3. The fraction of sp³-hybridized carbons (Fsp3) is 0.929. The highest BCUT2D eigenvalue weighted by Gasteiger charge is 2.10. The van der Waals surface area contributed by atoms with E-state index in [9.17, 15) is 13.9 Å². The van der Waals surface area contributed by atoms with Crippen LogP contribution in [0.1, 0.15) is 48.5 Å². The molecule has 5 heteroatoms. The standard InChI is InChI=1S/C5H13OP.C5H10O.C4H10OP/c1-5(2)7(3,4)6;1-4(2)5(3)6;1-4(2)6(3)5/h5H,1-4H3;2*4H,1-3H3/q;;+1. The van der Waals surface area contributed by atoms with Crippen molar-refractivity contribution in [1.29, 1.82) is 0 Å². The third kappa shape index (κ3) is 23.5. The third-order valence-electron chi connectivity index (χ3n) is 2.78. The van der Waals surface area contributed by atoms with Crippen LogP contribution < -0.4 is 0 Å². The molecular weight excluding hydrogens is 278 g/mol. The van der Waals surface area contributed by atoms with Crippen molar-refractivity contribution in [2.45, 2.75) is 59.8 Å². The Labute approximate surface area is 121 Å². The predicted molar refractivity (Wildman–Crippen MR) is 88.8 cm³/mol. The molecule has 0 N–H and O–H groups in total. The van der Waals surface area contributed by atoms with Crippen LogP contribution in [0, 0.1) is 5.92 Å². The van der Waals surface area contributed by atoms with Crippen molar-refractivity contribution in [2.24, 2.45) is 5.92 Å². The van der Waals surface area contributed by atoms with Crippen molar-refractivity contribution in [3.8, 4) is 0 Å². The molecule has 0 fully saturated rings. The number of carbonyl (C=O) groups is 1. The molecule has 0 aliphatic rings. The molecule has 0 saturated heterocycles. The van der Waals surface area contributed by atoms with E-state index >= 15 is 0 Å². The Morgan fingerprint density at radius 1 is 1.00 bits per heavy atom. The molecule has 19 heavy (non-hydrogen) atoms. The first kappa shape index (κ1) is 24.0. The van der Waals surface area contributed by atoms with Crippen molar-refractivity contribution in [3.63, 3.8) is 0 Å². The second-order valence-corrected chi connectivity index (χ2v) is 12.0. The monoisotopic (exact) mass is 311 g/mol. The Morgan fingerprint density at radius 2 is 1.16 bits per heavy atom. The second-order valence-electron chi connectivity index (χ2n) is 5.93. The maximum absolute atomic E-state index is 10.9. The lowest BCUT2D eigenvalue weighted by atomic mass is 10.1. The molecule has 0 aromatic rings. The van der Waals surface area contributed by atoms with Crippen LogP contribution in [-0.2, 0) is 13.9 Å². The molecule has 1 atom stereocenters. The molecule has 0 aliphatic carbocycles. The third-order valence-corrected chi connectivity index (χ3v) is 6.73. The van der Waals surface area contributed by atoms with Gasteiger partial charge >= 0.3 is 7.80 Å². The molecule has 0 aromatic heterocycles. The van der Waals surface area contributed by atoms with Crippen molar-refractivity contribution >= 4 is 20.7 Å². The molecule has 0 rings (SSSR count). The minimum absolute atomic E-state index is 0.213. The van der Waals surface area contributed by atoms with Gasteiger partial charge in [-0.05, 0) is 34.1 Å². The van der Waals surface area contributed by atoms with Crippen molar-refractivity contribution in [3.05, 3.63) is 0 Å². The van der Waals surface area contributed by atoms with Crippen molar-refractivity contribution < 1.29 is 13.9 Å². The fourth-order valence-corrected chi connectivity index (χ4v) is 0. The summed E-state index contributed by atoms with van der Waals surface area (Å²) in [5.41, 5.74) is 0.715. The van der Waals surface area contributed by atoms with E-state index < -0.39 is 14.9 Å². The lowest BCUT2D eigenvalue weighted by molar-refractivity contribution is -0.119. The van der Waals surface area contributed by atoms with E-state index in [0.29, 0.717) is 11.3 Å². The second kappa shape index (κ2) is 11.8. The molecule has 1 unspecified atom stereocenters. The SMILES string of the molecule is CC(=O)C(C)C.CC(C)P(C)(C)=O.CC(C)[P+](C)=O. The number of carbonyl (C=O) groups excluding carboxylic acids is 1. The van der Waals surface area contributed by atoms with Gasteiger partial charge in [-0.15, -0.1) is 0 Å². The molecular formula is C14H33O3P2+. The van der Waals surface area contributed by atoms with Gasteiger partial charge in [0.2, 0.25) is 0 Å². The van der Waals surface area contributed by atoms with E-state index in [1.807, 2.05) is 54.9 Å². The van der Waals surface area contributed by atoms with Crippen LogP contribution in [0.5, 0.6) is 0 Å². The van der Waals surface area contributed by atoms with Crippen molar-refractivity contribution in [2.75, 3.05) is 20.0 Å². The molecule has 3 nitrogen and oxygen atoms in total. The first-order chi connectivity index (χ1) is 8.23. The number of hydrogen-bond donors (Lipinski definition) is 0. The van der Waals surface area contributed by atoms with Crippen LogP contribution in [0.25, 0.3) is 0 Å². The van der Waals surface area contributed by atoms with E-state index in [0.717, 1.165) is 0 Å². The minimum atomic E-state index is -1.74. The summed E-state index contributed by atoms with van der Waals surface area (Å²) in [5.74, 6) is 0.472.